The van der Waals surface area contributed by atoms with Crippen molar-refractivity contribution in [2.75, 3.05) is 13.1 Å². The van der Waals surface area contributed by atoms with Gasteiger partial charge in [-0.05, 0) is 12.8 Å². The molecule has 0 saturated carbocycles. The van der Waals surface area contributed by atoms with E-state index in [9.17, 15) is 9.90 Å². The van der Waals surface area contributed by atoms with Gasteiger partial charge in [0.2, 0.25) is 5.72 Å². The van der Waals surface area contributed by atoms with E-state index in [4.69, 9.17) is 5.11 Å². The Bertz CT molecular complexity index is 348. The average molecular weight is 356 g/mol. The van der Waals surface area contributed by atoms with Crippen molar-refractivity contribution in [2.24, 2.45) is 0 Å². The highest BCUT2D eigenvalue weighted by Gasteiger charge is 2.45. The van der Waals surface area contributed by atoms with E-state index in [1.54, 1.807) is 4.90 Å². The van der Waals surface area contributed by atoms with Gasteiger partial charge in [-0.25, -0.2) is 4.79 Å². The lowest BCUT2D eigenvalue weighted by molar-refractivity contribution is -0.176. The predicted octanol–water partition coefficient (Wildman–Crippen LogP) is 5.34. The number of unbranched alkanes of at least 4 members (excludes halogenated alkanes) is 13. The highest BCUT2D eigenvalue weighted by Crippen LogP contribution is 2.27. The van der Waals surface area contributed by atoms with Crippen LogP contribution in [0.5, 0.6) is 0 Å². The maximum Gasteiger partial charge on any atom is 0.351 e. The molecule has 2 N–H and O–H groups in total. The Morgan fingerprint density at radius 1 is 0.840 bits per heavy atom. The summed E-state index contributed by atoms with van der Waals surface area (Å²) in [4.78, 5) is 12.9. The normalized spacial score (nSPS) is 21.0. The van der Waals surface area contributed by atoms with Crippen LogP contribution >= 0.6 is 0 Å². The fraction of sp³-hybridized carbons (Fsp3) is 0.952. The third-order valence-electron chi connectivity index (χ3n) is 5.60. The highest BCUT2D eigenvalue weighted by atomic mass is 16.4. The van der Waals surface area contributed by atoms with Crippen molar-refractivity contribution in [3.05, 3.63) is 0 Å². The number of carboxylic acid groups (broad SMARTS) is 1. The van der Waals surface area contributed by atoms with E-state index in [1.807, 2.05) is 0 Å². The molecular formula is C21H41NO3. The van der Waals surface area contributed by atoms with Gasteiger partial charge in [0.05, 0.1) is 0 Å². The SMILES string of the molecule is CCCCCCCCCCCCCCCCN1CCCC1(O)C(=O)O. The van der Waals surface area contributed by atoms with E-state index < -0.39 is 11.7 Å². The maximum atomic E-state index is 11.2. The molecule has 1 saturated heterocycles. The van der Waals surface area contributed by atoms with Crippen molar-refractivity contribution >= 4 is 5.97 Å². The van der Waals surface area contributed by atoms with E-state index in [-0.39, 0.29) is 0 Å². The minimum atomic E-state index is -1.60. The largest absolute Gasteiger partial charge is 0.478 e. The van der Waals surface area contributed by atoms with Crippen LogP contribution in [-0.2, 0) is 4.79 Å². The summed E-state index contributed by atoms with van der Waals surface area (Å²) < 4.78 is 0. The molecule has 4 nitrogen and oxygen atoms in total. The molecule has 1 fully saturated rings. The summed E-state index contributed by atoms with van der Waals surface area (Å²) in [5, 5.41) is 19.3. The molecule has 1 atom stereocenters. The first-order valence-corrected chi connectivity index (χ1v) is 10.8. The van der Waals surface area contributed by atoms with Crippen LogP contribution in [0, 0.1) is 0 Å². The van der Waals surface area contributed by atoms with E-state index in [1.165, 1.54) is 77.0 Å². The van der Waals surface area contributed by atoms with Crippen molar-refractivity contribution < 1.29 is 15.0 Å². The monoisotopic (exact) mass is 355 g/mol. The highest BCUT2D eigenvalue weighted by molar-refractivity contribution is 5.76. The number of aliphatic hydroxyl groups is 1. The summed E-state index contributed by atoms with van der Waals surface area (Å²) in [7, 11) is 0. The summed E-state index contributed by atoms with van der Waals surface area (Å²) in [6.07, 6.45) is 19.7. The van der Waals surface area contributed by atoms with Crippen LogP contribution in [-0.4, -0.2) is 39.9 Å². The molecule has 0 aromatic heterocycles. The fourth-order valence-corrected chi connectivity index (χ4v) is 3.90. The number of nitrogens with zero attached hydrogens (tertiary/aromatic N) is 1. The number of aliphatic carboxylic acids is 1. The fourth-order valence-electron chi connectivity index (χ4n) is 3.90. The molecule has 0 aromatic carbocycles. The molecule has 0 amide bonds. The maximum absolute atomic E-state index is 11.2. The number of hydrogen-bond donors (Lipinski definition) is 2. The van der Waals surface area contributed by atoms with Crippen LogP contribution in [0.4, 0.5) is 0 Å². The lowest BCUT2D eigenvalue weighted by Gasteiger charge is -2.29. The summed E-state index contributed by atoms with van der Waals surface area (Å²) in [6, 6.07) is 0. The minimum absolute atomic E-state index is 0.362. The topological polar surface area (TPSA) is 60.8 Å². The average Bonchev–Trinajstić information content (AvgIpc) is 2.97. The molecule has 0 aliphatic carbocycles. The lowest BCUT2D eigenvalue weighted by atomic mass is 10.0. The van der Waals surface area contributed by atoms with Crippen LogP contribution in [0.15, 0.2) is 0 Å². The van der Waals surface area contributed by atoms with Crippen LogP contribution in [0.1, 0.15) is 110 Å². The van der Waals surface area contributed by atoms with Gasteiger partial charge in [-0.2, -0.15) is 0 Å². The Morgan fingerprint density at radius 2 is 1.28 bits per heavy atom. The smallest absolute Gasteiger partial charge is 0.351 e. The van der Waals surface area contributed by atoms with E-state index in [0.717, 1.165) is 19.3 Å². The van der Waals surface area contributed by atoms with Gasteiger partial charge in [0.1, 0.15) is 0 Å². The molecule has 0 aromatic rings. The van der Waals surface area contributed by atoms with Crippen LogP contribution in [0.3, 0.4) is 0 Å². The van der Waals surface area contributed by atoms with Crippen molar-refractivity contribution in [1.82, 2.24) is 4.90 Å². The third kappa shape index (κ3) is 9.05. The predicted molar refractivity (Wildman–Crippen MR) is 104 cm³/mol. The first-order valence-electron chi connectivity index (χ1n) is 10.8. The summed E-state index contributed by atoms with van der Waals surface area (Å²) >= 11 is 0. The van der Waals surface area contributed by atoms with Crippen molar-refractivity contribution in [3.8, 4) is 0 Å². The molecule has 0 radical (unpaired) electrons. The number of hydrogen-bond acceptors (Lipinski definition) is 3. The first-order chi connectivity index (χ1) is 12.1. The first kappa shape index (κ1) is 22.4. The van der Waals surface area contributed by atoms with Gasteiger partial charge in [-0.15, -0.1) is 0 Å². The molecule has 1 unspecified atom stereocenters. The van der Waals surface area contributed by atoms with Gasteiger partial charge in [-0.1, -0.05) is 90.4 Å². The van der Waals surface area contributed by atoms with Gasteiger partial charge in [0.15, 0.2) is 0 Å². The van der Waals surface area contributed by atoms with Crippen molar-refractivity contribution in [2.45, 2.75) is 115 Å². The lowest BCUT2D eigenvalue weighted by Crippen LogP contribution is -2.50. The Kier molecular flexibility index (Phi) is 12.2. The van der Waals surface area contributed by atoms with Crippen LogP contribution < -0.4 is 0 Å². The second-order valence-corrected chi connectivity index (χ2v) is 7.81. The Balaban J connectivity index is 1.86. The molecule has 148 valence electrons. The van der Waals surface area contributed by atoms with Crippen molar-refractivity contribution in [1.29, 1.82) is 0 Å². The standard InChI is InChI=1S/C21H41NO3/c1-2-3-4-5-6-7-8-9-10-11-12-13-14-15-18-22-19-16-17-21(22,25)20(23)24/h25H,2-19H2,1H3,(H,23,24). The van der Waals surface area contributed by atoms with Gasteiger partial charge in [0, 0.05) is 19.5 Å². The third-order valence-corrected chi connectivity index (χ3v) is 5.60. The Labute approximate surface area is 155 Å². The van der Waals surface area contributed by atoms with Crippen LogP contribution in [0.25, 0.3) is 0 Å². The molecule has 4 heteroatoms. The van der Waals surface area contributed by atoms with Gasteiger partial charge in [-0.3, -0.25) is 4.90 Å². The van der Waals surface area contributed by atoms with Crippen LogP contribution in [0.2, 0.25) is 0 Å². The molecule has 1 heterocycles. The zero-order valence-electron chi connectivity index (χ0n) is 16.5. The molecule has 1 aliphatic rings. The molecule has 25 heavy (non-hydrogen) atoms. The summed E-state index contributed by atoms with van der Waals surface area (Å²) in [5.74, 6) is -1.09. The van der Waals surface area contributed by atoms with Gasteiger partial charge >= 0.3 is 5.97 Å². The second-order valence-electron chi connectivity index (χ2n) is 7.81. The molecule has 0 bridgehead atoms. The van der Waals surface area contributed by atoms with E-state index in [0.29, 0.717) is 19.5 Å². The molecule has 1 rings (SSSR count). The molecule has 1 aliphatic heterocycles. The quantitative estimate of drug-likeness (QED) is 0.367. The van der Waals surface area contributed by atoms with Gasteiger partial charge < -0.3 is 10.2 Å². The Morgan fingerprint density at radius 3 is 1.72 bits per heavy atom. The summed E-state index contributed by atoms with van der Waals surface area (Å²) in [6.45, 7) is 3.68. The number of carboxylic acids is 1. The molecular weight excluding hydrogens is 314 g/mol. The minimum Gasteiger partial charge on any atom is -0.478 e. The Hall–Kier alpha value is -0.610. The van der Waals surface area contributed by atoms with E-state index >= 15 is 0 Å². The number of likely N-dealkylation sites (tertiary alicyclic amines) is 1. The van der Waals surface area contributed by atoms with E-state index in [2.05, 4.69) is 6.92 Å². The number of carbonyl (C=O) groups is 1. The summed E-state index contributed by atoms with van der Waals surface area (Å²) in [5.41, 5.74) is -1.60. The van der Waals surface area contributed by atoms with Crippen molar-refractivity contribution in [3.63, 3.8) is 0 Å². The second kappa shape index (κ2) is 13.6. The number of rotatable bonds is 16. The van der Waals surface area contributed by atoms with Gasteiger partial charge in [0.25, 0.3) is 0 Å². The zero-order chi connectivity index (χ0) is 18.4. The molecule has 0 spiro atoms. The zero-order valence-corrected chi connectivity index (χ0v) is 16.5.